The number of nitrogens with zero attached hydrogens (tertiary/aromatic N) is 5. The summed E-state index contributed by atoms with van der Waals surface area (Å²) < 4.78 is 39.3. The molecule has 1 fully saturated rings. The summed E-state index contributed by atoms with van der Waals surface area (Å²) in [5, 5.41) is 13.0. The number of anilines is 2. The molecule has 1 aliphatic carbocycles. The summed E-state index contributed by atoms with van der Waals surface area (Å²) in [5.41, 5.74) is 1.99. The van der Waals surface area contributed by atoms with Crippen molar-refractivity contribution in [1.29, 1.82) is 0 Å². The van der Waals surface area contributed by atoms with Crippen molar-refractivity contribution in [3.63, 3.8) is 0 Å². The number of ether oxygens (including phenoxy) is 2. The molecule has 1 saturated carbocycles. The quantitative estimate of drug-likeness (QED) is 0.343. The van der Waals surface area contributed by atoms with E-state index >= 15 is 0 Å². The summed E-state index contributed by atoms with van der Waals surface area (Å²) in [7, 11) is 3.64. The van der Waals surface area contributed by atoms with Gasteiger partial charge in [0.1, 0.15) is 23.1 Å². The third kappa shape index (κ3) is 5.52. The van der Waals surface area contributed by atoms with Gasteiger partial charge >= 0.3 is 6.61 Å². The Balaban J connectivity index is 0.00000141. The Kier molecular flexibility index (Phi) is 7.48. The van der Waals surface area contributed by atoms with Crippen molar-refractivity contribution >= 4 is 22.7 Å². The first kappa shape index (κ1) is 24.4. The molecule has 0 atom stereocenters. The third-order valence-electron chi connectivity index (χ3n) is 5.75. The Bertz CT molecular complexity index is 1280. The number of pyridine rings is 1. The maximum Gasteiger partial charge on any atom is 0.387 e. The van der Waals surface area contributed by atoms with Crippen molar-refractivity contribution in [3.8, 4) is 22.8 Å². The maximum atomic E-state index is 12.6. The van der Waals surface area contributed by atoms with Gasteiger partial charge in [0.05, 0.1) is 23.4 Å². The molecule has 0 saturated heterocycles. The molecular weight excluding hydrogens is 454 g/mol. The van der Waals surface area contributed by atoms with Crippen molar-refractivity contribution in [3.05, 3.63) is 42.6 Å². The highest BCUT2D eigenvalue weighted by molar-refractivity contribution is 5.84. The predicted octanol–water partition coefficient (Wildman–Crippen LogP) is 6.06. The van der Waals surface area contributed by atoms with Crippen LogP contribution in [-0.4, -0.2) is 37.3 Å². The first-order valence-corrected chi connectivity index (χ1v) is 11.8. The van der Waals surface area contributed by atoms with Gasteiger partial charge in [-0.15, -0.1) is 0 Å². The smallest absolute Gasteiger partial charge is 0.387 e. The van der Waals surface area contributed by atoms with Crippen LogP contribution in [0, 0.1) is 0 Å². The number of aryl methyl sites for hydroxylation is 2. The van der Waals surface area contributed by atoms with Gasteiger partial charge in [0.2, 0.25) is 0 Å². The molecule has 1 N–H and O–H groups in total. The first-order chi connectivity index (χ1) is 17.0. The lowest BCUT2D eigenvalue weighted by molar-refractivity contribution is -0.0498. The number of hydrogen-bond acceptors (Lipinski definition) is 6. The van der Waals surface area contributed by atoms with Gasteiger partial charge in [0.15, 0.2) is 5.65 Å². The highest BCUT2D eigenvalue weighted by Gasteiger charge is 2.20. The van der Waals surface area contributed by atoms with Gasteiger partial charge in [0.25, 0.3) is 0 Å². The molecule has 1 aliphatic rings. The van der Waals surface area contributed by atoms with E-state index < -0.39 is 6.61 Å². The molecule has 0 bridgehead atoms. The lowest BCUT2D eigenvalue weighted by Gasteiger charge is -2.15. The van der Waals surface area contributed by atoms with Gasteiger partial charge in [-0.05, 0) is 37.8 Å². The van der Waals surface area contributed by atoms with Crippen LogP contribution >= 0.6 is 0 Å². The number of fused-ring (bicyclic) bond motifs is 1. The molecule has 4 aromatic rings. The number of nitrogens with one attached hydrogen (secondary N) is 1. The van der Waals surface area contributed by atoms with E-state index in [1.54, 1.807) is 34.7 Å². The van der Waals surface area contributed by atoms with Crippen LogP contribution in [0.3, 0.4) is 0 Å². The summed E-state index contributed by atoms with van der Waals surface area (Å²) in [6, 6.07) is 10.2. The summed E-state index contributed by atoms with van der Waals surface area (Å²) in [6.45, 7) is 1.12. The SMILES string of the molecule is CC.Cn1nc(-c2cccc(OC(F)F)c2)cc1Nc1cc(OC2CCCC2)c2cnn(C)c2n1. The van der Waals surface area contributed by atoms with Crippen molar-refractivity contribution in [2.24, 2.45) is 14.1 Å². The number of alkyl halides is 2. The van der Waals surface area contributed by atoms with Crippen LogP contribution in [0.4, 0.5) is 20.4 Å². The normalized spacial score (nSPS) is 13.7. The van der Waals surface area contributed by atoms with E-state index in [1.807, 2.05) is 33.0 Å². The fraction of sp³-hybridized carbons (Fsp3) is 0.400. The lowest BCUT2D eigenvalue weighted by atomic mass is 10.1. The molecular formula is C25H30F2N6O2. The van der Waals surface area contributed by atoms with Crippen LogP contribution in [0.5, 0.6) is 11.5 Å². The van der Waals surface area contributed by atoms with Crippen LogP contribution in [0.15, 0.2) is 42.6 Å². The average molecular weight is 485 g/mol. The number of aromatic nitrogens is 5. The second-order valence-electron chi connectivity index (χ2n) is 8.11. The molecule has 35 heavy (non-hydrogen) atoms. The zero-order chi connectivity index (χ0) is 24.9. The molecule has 186 valence electrons. The molecule has 0 radical (unpaired) electrons. The molecule has 3 heterocycles. The summed E-state index contributed by atoms with van der Waals surface area (Å²) in [5.74, 6) is 2.12. The molecule has 0 amide bonds. The molecule has 8 nitrogen and oxygen atoms in total. The summed E-state index contributed by atoms with van der Waals surface area (Å²) in [6.07, 6.45) is 6.43. The van der Waals surface area contributed by atoms with Gasteiger partial charge in [-0.25, -0.2) is 4.98 Å². The number of hydrogen-bond donors (Lipinski definition) is 1. The first-order valence-electron chi connectivity index (χ1n) is 11.8. The minimum atomic E-state index is -2.88. The third-order valence-corrected chi connectivity index (χ3v) is 5.75. The molecule has 0 spiro atoms. The van der Waals surface area contributed by atoms with E-state index in [9.17, 15) is 8.78 Å². The summed E-state index contributed by atoms with van der Waals surface area (Å²) in [4.78, 5) is 4.70. The zero-order valence-corrected chi connectivity index (χ0v) is 20.3. The Labute approximate surface area is 202 Å². The van der Waals surface area contributed by atoms with E-state index in [0.29, 0.717) is 28.5 Å². The van der Waals surface area contributed by atoms with E-state index in [2.05, 4.69) is 20.3 Å². The van der Waals surface area contributed by atoms with Crippen molar-refractivity contribution in [2.45, 2.75) is 52.2 Å². The monoisotopic (exact) mass is 484 g/mol. The Morgan fingerprint density at radius 2 is 1.83 bits per heavy atom. The fourth-order valence-corrected chi connectivity index (χ4v) is 4.12. The maximum absolute atomic E-state index is 12.6. The lowest BCUT2D eigenvalue weighted by Crippen LogP contribution is -2.11. The highest BCUT2D eigenvalue weighted by Crippen LogP contribution is 2.33. The van der Waals surface area contributed by atoms with Crippen LogP contribution in [0.2, 0.25) is 0 Å². The Morgan fingerprint density at radius 1 is 1.06 bits per heavy atom. The van der Waals surface area contributed by atoms with E-state index in [1.165, 1.54) is 25.0 Å². The molecule has 5 rings (SSSR count). The standard InChI is InChI=1S/C23H24F2N6O2.C2H6/c1-30-21(11-18(29-30)14-6-5-9-16(10-14)33-23(24)25)27-20-12-19(32-15-7-3-4-8-15)17-13-26-31(2)22(17)28-20;1-2/h5-6,9-13,15,23H,3-4,7-8H2,1-2H3,(H,27,28);1-2H3. The van der Waals surface area contributed by atoms with Crippen LogP contribution in [-0.2, 0) is 14.1 Å². The topological polar surface area (TPSA) is 79.0 Å². The zero-order valence-electron chi connectivity index (χ0n) is 20.3. The van der Waals surface area contributed by atoms with Crippen LogP contribution in [0.1, 0.15) is 39.5 Å². The Hall–Kier alpha value is -3.69. The minimum Gasteiger partial charge on any atom is -0.489 e. The largest absolute Gasteiger partial charge is 0.489 e. The molecule has 10 heteroatoms. The number of halogens is 2. The van der Waals surface area contributed by atoms with Gasteiger partial charge < -0.3 is 14.8 Å². The van der Waals surface area contributed by atoms with Gasteiger partial charge in [-0.1, -0.05) is 26.0 Å². The van der Waals surface area contributed by atoms with E-state index in [4.69, 9.17) is 9.72 Å². The molecule has 1 aromatic carbocycles. The molecule has 3 aromatic heterocycles. The molecule has 0 aliphatic heterocycles. The van der Waals surface area contributed by atoms with Crippen molar-refractivity contribution < 1.29 is 18.3 Å². The minimum absolute atomic E-state index is 0.0830. The second kappa shape index (κ2) is 10.7. The van der Waals surface area contributed by atoms with Crippen molar-refractivity contribution in [1.82, 2.24) is 24.5 Å². The van der Waals surface area contributed by atoms with Gasteiger partial charge in [0, 0.05) is 31.8 Å². The number of rotatable bonds is 7. The second-order valence-corrected chi connectivity index (χ2v) is 8.11. The van der Waals surface area contributed by atoms with Gasteiger partial charge in [-0.3, -0.25) is 9.36 Å². The summed E-state index contributed by atoms with van der Waals surface area (Å²) >= 11 is 0. The van der Waals surface area contributed by atoms with Crippen LogP contribution < -0.4 is 14.8 Å². The molecule has 0 unspecified atom stereocenters. The fourth-order valence-electron chi connectivity index (χ4n) is 4.12. The van der Waals surface area contributed by atoms with E-state index in [-0.39, 0.29) is 11.9 Å². The predicted molar refractivity (Wildman–Crippen MR) is 131 cm³/mol. The number of benzene rings is 1. The van der Waals surface area contributed by atoms with Crippen molar-refractivity contribution in [2.75, 3.05) is 5.32 Å². The average Bonchev–Trinajstić information content (AvgIpc) is 3.57. The van der Waals surface area contributed by atoms with Crippen LogP contribution in [0.25, 0.3) is 22.3 Å². The van der Waals surface area contributed by atoms with Gasteiger partial charge in [-0.2, -0.15) is 19.0 Å². The van der Waals surface area contributed by atoms with E-state index in [0.717, 1.165) is 24.0 Å². The highest BCUT2D eigenvalue weighted by atomic mass is 19.3. The Morgan fingerprint density at radius 3 is 2.57 bits per heavy atom.